The molecule has 0 bridgehead atoms. The minimum absolute atomic E-state index is 0. The maximum absolute atomic E-state index is 14.9. The SMILES string of the molecule is CC(N)Cc1c(F)c2c(NCc3ccccc3F)nc(Cl)nc2n1C.Cl. The molecule has 2 heterocycles. The average molecular weight is 402 g/mol. The van der Waals surface area contributed by atoms with E-state index in [2.05, 4.69) is 15.3 Å². The zero-order chi connectivity index (χ0) is 18.1. The Morgan fingerprint density at radius 1 is 1.27 bits per heavy atom. The van der Waals surface area contributed by atoms with Crippen LogP contribution >= 0.6 is 24.0 Å². The van der Waals surface area contributed by atoms with Crippen LogP contribution in [0.1, 0.15) is 18.2 Å². The molecule has 0 saturated carbocycles. The molecule has 140 valence electrons. The van der Waals surface area contributed by atoms with Gasteiger partial charge in [0.05, 0.1) is 11.1 Å². The van der Waals surface area contributed by atoms with Crippen molar-refractivity contribution in [3.8, 4) is 0 Å². The number of fused-ring (bicyclic) bond motifs is 1. The van der Waals surface area contributed by atoms with Gasteiger partial charge in [-0.15, -0.1) is 12.4 Å². The summed E-state index contributed by atoms with van der Waals surface area (Å²) in [6.45, 7) is 1.94. The summed E-state index contributed by atoms with van der Waals surface area (Å²) in [5.41, 5.74) is 7.04. The summed E-state index contributed by atoms with van der Waals surface area (Å²) < 4.78 is 30.3. The summed E-state index contributed by atoms with van der Waals surface area (Å²) >= 11 is 5.98. The summed E-state index contributed by atoms with van der Waals surface area (Å²) in [6.07, 6.45) is 0.350. The van der Waals surface area contributed by atoms with E-state index in [1.165, 1.54) is 6.07 Å². The molecule has 0 radical (unpaired) electrons. The number of hydrogen-bond acceptors (Lipinski definition) is 4. The number of hydrogen-bond donors (Lipinski definition) is 2. The first-order chi connectivity index (χ1) is 11.9. The fourth-order valence-electron chi connectivity index (χ4n) is 2.77. The molecule has 0 aliphatic heterocycles. The van der Waals surface area contributed by atoms with E-state index in [9.17, 15) is 8.78 Å². The number of nitrogens with one attached hydrogen (secondary N) is 1. The molecule has 26 heavy (non-hydrogen) atoms. The lowest BCUT2D eigenvalue weighted by Crippen LogP contribution is -2.20. The highest BCUT2D eigenvalue weighted by Gasteiger charge is 2.22. The van der Waals surface area contributed by atoms with E-state index >= 15 is 0 Å². The summed E-state index contributed by atoms with van der Waals surface area (Å²) in [7, 11) is 1.70. The van der Waals surface area contributed by atoms with Crippen LogP contribution in [0, 0.1) is 11.6 Å². The average Bonchev–Trinajstić information content (AvgIpc) is 2.78. The minimum atomic E-state index is -0.442. The van der Waals surface area contributed by atoms with Crippen LogP contribution in [0.4, 0.5) is 14.6 Å². The van der Waals surface area contributed by atoms with Gasteiger partial charge in [0.15, 0.2) is 5.82 Å². The molecule has 3 aromatic rings. The van der Waals surface area contributed by atoms with Crippen LogP contribution < -0.4 is 11.1 Å². The van der Waals surface area contributed by atoms with Gasteiger partial charge in [-0.05, 0) is 24.6 Å². The van der Waals surface area contributed by atoms with Gasteiger partial charge >= 0.3 is 0 Å². The molecule has 3 rings (SSSR count). The molecule has 9 heteroatoms. The van der Waals surface area contributed by atoms with Crippen molar-refractivity contribution in [1.82, 2.24) is 14.5 Å². The molecule has 0 aliphatic rings. The lowest BCUT2D eigenvalue weighted by molar-refractivity contribution is 0.586. The highest BCUT2D eigenvalue weighted by molar-refractivity contribution is 6.28. The van der Waals surface area contributed by atoms with E-state index in [0.717, 1.165) is 0 Å². The van der Waals surface area contributed by atoms with Gasteiger partial charge in [-0.2, -0.15) is 9.97 Å². The molecule has 1 atom stereocenters. The van der Waals surface area contributed by atoms with Crippen molar-refractivity contribution < 1.29 is 8.78 Å². The third-order valence-electron chi connectivity index (χ3n) is 3.98. The predicted octanol–water partition coefficient (Wildman–Crippen LogP) is 3.82. The summed E-state index contributed by atoms with van der Waals surface area (Å²) in [4.78, 5) is 8.20. The second kappa shape index (κ2) is 8.16. The third-order valence-corrected chi connectivity index (χ3v) is 4.15. The molecular weight excluding hydrogens is 383 g/mol. The first kappa shape index (κ1) is 20.4. The van der Waals surface area contributed by atoms with Gasteiger partial charge in [-0.25, -0.2) is 8.78 Å². The standard InChI is InChI=1S/C17H18ClF2N5.ClH/c1-9(21)7-12-14(20)13-15(23-17(18)24-16(13)25(12)2)22-8-10-5-3-4-6-11(10)19;/h3-6,9H,7-8,21H2,1-2H3,(H,22,23,24);1H. The first-order valence-electron chi connectivity index (χ1n) is 7.81. The predicted molar refractivity (Wildman–Crippen MR) is 102 cm³/mol. The van der Waals surface area contributed by atoms with E-state index in [0.29, 0.717) is 23.3 Å². The van der Waals surface area contributed by atoms with Gasteiger partial charge < -0.3 is 15.6 Å². The molecule has 1 unspecified atom stereocenters. The van der Waals surface area contributed by atoms with Gasteiger partial charge in [-0.3, -0.25) is 0 Å². The lowest BCUT2D eigenvalue weighted by Gasteiger charge is -2.08. The van der Waals surface area contributed by atoms with Gasteiger partial charge in [0.2, 0.25) is 5.28 Å². The van der Waals surface area contributed by atoms with Crippen molar-refractivity contribution in [2.45, 2.75) is 25.9 Å². The van der Waals surface area contributed by atoms with Crippen LogP contribution in [-0.2, 0) is 20.0 Å². The highest BCUT2D eigenvalue weighted by Crippen LogP contribution is 2.30. The number of benzene rings is 1. The molecule has 0 saturated heterocycles. The van der Waals surface area contributed by atoms with Crippen LogP contribution in [0.25, 0.3) is 11.0 Å². The quantitative estimate of drug-likeness (QED) is 0.637. The zero-order valence-corrected chi connectivity index (χ0v) is 15.8. The van der Waals surface area contributed by atoms with Crippen LogP contribution in [0.15, 0.2) is 24.3 Å². The molecular formula is C17H19Cl2F2N5. The van der Waals surface area contributed by atoms with Crippen LogP contribution in [0.2, 0.25) is 5.28 Å². The summed E-state index contributed by atoms with van der Waals surface area (Å²) in [5, 5.41) is 3.16. The highest BCUT2D eigenvalue weighted by atomic mass is 35.5. The normalized spacial score (nSPS) is 12.1. The first-order valence-corrected chi connectivity index (χ1v) is 8.19. The van der Waals surface area contributed by atoms with E-state index in [-0.39, 0.29) is 47.3 Å². The van der Waals surface area contributed by atoms with Crippen molar-refractivity contribution in [3.05, 3.63) is 52.4 Å². The molecule has 1 aromatic carbocycles. The van der Waals surface area contributed by atoms with Crippen LogP contribution in [0.5, 0.6) is 0 Å². The summed E-state index contributed by atoms with van der Waals surface area (Å²) in [5.74, 6) is -0.567. The van der Waals surface area contributed by atoms with Crippen molar-refractivity contribution in [2.24, 2.45) is 12.8 Å². The Bertz CT molecular complexity index is 927. The lowest BCUT2D eigenvalue weighted by atomic mass is 10.2. The number of rotatable bonds is 5. The number of nitrogens with zero attached hydrogens (tertiary/aromatic N) is 3. The van der Waals surface area contributed by atoms with E-state index < -0.39 is 5.82 Å². The molecule has 0 fully saturated rings. The maximum atomic E-state index is 14.9. The summed E-state index contributed by atoms with van der Waals surface area (Å²) in [6, 6.07) is 6.13. The Balaban J connectivity index is 0.00000243. The van der Waals surface area contributed by atoms with Gasteiger partial charge in [0, 0.05) is 31.6 Å². The zero-order valence-electron chi connectivity index (χ0n) is 14.3. The fraction of sp³-hybridized carbons (Fsp3) is 0.294. The second-order valence-electron chi connectivity index (χ2n) is 5.99. The Labute approximate surface area is 161 Å². The molecule has 0 spiro atoms. The van der Waals surface area contributed by atoms with Crippen LogP contribution in [-0.4, -0.2) is 20.6 Å². The Kier molecular flexibility index (Phi) is 6.39. The Hall–Kier alpha value is -1.96. The molecule has 0 amide bonds. The van der Waals surface area contributed by atoms with E-state index in [1.54, 1.807) is 36.7 Å². The third kappa shape index (κ3) is 3.90. The number of nitrogens with two attached hydrogens (primary N) is 1. The van der Waals surface area contributed by atoms with Crippen molar-refractivity contribution in [1.29, 1.82) is 0 Å². The van der Waals surface area contributed by atoms with Crippen molar-refractivity contribution in [3.63, 3.8) is 0 Å². The minimum Gasteiger partial charge on any atom is -0.365 e. The van der Waals surface area contributed by atoms with Gasteiger partial charge in [0.1, 0.15) is 17.3 Å². The molecule has 2 aromatic heterocycles. The number of aryl methyl sites for hydroxylation is 1. The van der Waals surface area contributed by atoms with Crippen LogP contribution in [0.3, 0.4) is 0 Å². The van der Waals surface area contributed by atoms with Crippen molar-refractivity contribution in [2.75, 3.05) is 5.32 Å². The Morgan fingerprint density at radius 2 is 1.96 bits per heavy atom. The molecule has 0 aliphatic carbocycles. The second-order valence-corrected chi connectivity index (χ2v) is 6.32. The van der Waals surface area contributed by atoms with Gasteiger partial charge in [-0.1, -0.05) is 18.2 Å². The number of anilines is 1. The molecule has 3 N–H and O–H groups in total. The maximum Gasteiger partial charge on any atom is 0.226 e. The van der Waals surface area contributed by atoms with Crippen molar-refractivity contribution >= 4 is 40.9 Å². The van der Waals surface area contributed by atoms with E-state index in [1.807, 2.05) is 0 Å². The molecule has 5 nitrogen and oxygen atoms in total. The number of halogens is 4. The largest absolute Gasteiger partial charge is 0.365 e. The van der Waals surface area contributed by atoms with E-state index in [4.69, 9.17) is 17.3 Å². The Morgan fingerprint density at radius 3 is 2.62 bits per heavy atom. The van der Waals surface area contributed by atoms with Gasteiger partial charge in [0.25, 0.3) is 0 Å². The topological polar surface area (TPSA) is 68.8 Å². The smallest absolute Gasteiger partial charge is 0.226 e. The monoisotopic (exact) mass is 401 g/mol. The number of aromatic nitrogens is 3. The fourth-order valence-corrected chi connectivity index (χ4v) is 2.93.